The van der Waals surface area contributed by atoms with Crippen molar-refractivity contribution in [3.63, 3.8) is 0 Å². The minimum atomic E-state index is -4.20. The highest BCUT2D eigenvalue weighted by Crippen LogP contribution is 2.35. The van der Waals surface area contributed by atoms with Crippen LogP contribution >= 0.6 is 11.6 Å². The first-order valence-electron chi connectivity index (χ1n) is 12.5. The molecule has 5 nitrogen and oxygen atoms in total. The summed E-state index contributed by atoms with van der Waals surface area (Å²) in [5, 5.41) is 4.13. The quantitative estimate of drug-likeness (QED) is 0.185. The summed E-state index contributed by atoms with van der Waals surface area (Å²) in [4.78, 5) is 0. The second-order valence-electron chi connectivity index (χ2n) is 9.04. The third kappa shape index (κ3) is 7.89. The first kappa shape index (κ1) is 26.9. The molecule has 1 aliphatic rings. The Labute approximate surface area is 224 Å². The Hall–Kier alpha value is -3.19. The zero-order chi connectivity index (χ0) is 26.1. The number of benzene rings is 2. The normalized spacial score (nSPS) is 15.7. The second-order valence-corrected chi connectivity index (χ2v) is 10.9. The van der Waals surface area contributed by atoms with Crippen LogP contribution < -0.4 is 9.88 Å². The molecule has 0 saturated carbocycles. The third-order valence-corrected chi connectivity index (χ3v) is 7.58. The zero-order valence-electron chi connectivity index (χ0n) is 20.6. The van der Waals surface area contributed by atoms with Gasteiger partial charge in [0, 0.05) is 41.2 Å². The highest BCUT2D eigenvalue weighted by atomic mass is 35.5. The highest BCUT2D eigenvalue weighted by Gasteiger charge is 2.20. The van der Waals surface area contributed by atoms with Gasteiger partial charge in [-0.2, -0.15) is 4.57 Å². The molecule has 192 valence electrons. The van der Waals surface area contributed by atoms with Crippen molar-refractivity contribution < 1.29 is 17.5 Å². The summed E-state index contributed by atoms with van der Waals surface area (Å²) in [6, 6.07) is 26.2. The predicted molar refractivity (Wildman–Crippen MR) is 149 cm³/mol. The average Bonchev–Trinajstić information content (AvgIpc) is 2.91. The molecule has 0 amide bonds. The number of aryl methyl sites for hydroxylation is 1. The molecule has 7 heteroatoms. The second kappa shape index (κ2) is 12.9. The molecule has 3 aromatic rings. The van der Waals surface area contributed by atoms with Crippen LogP contribution in [0.5, 0.6) is 0 Å². The number of unbranched alkanes of at least 4 members (excludes halogenated alkanes) is 1. The van der Waals surface area contributed by atoms with Crippen LogP contribution in [-0.4, -0.2) is 18.7 Å². The lowest BCUT2D eigenvalue weighted by Crippen LogP contribution is -2.38. The van der Waals surface area contributed by atoms with E-state index >= 15 is 0 Å². The molecule has 0 unspecified atom stereocenters. The van der Waals surface area contributed by atoms with E-state index in [1.807, 2.05) is 73.1 Å². The number of aromatic nitrogens is 1. The summed E-state index contributed by atoms with van der Waals surface area (Å²) in [7, 11) is -4.20. The van der Waals surface area contributed by atoms with Crippen molar-refractivity contribution in [1.82, 2.24) is 0 Å². The predicted octanol–water partition coefficient (Wildman–Crippen LogP) is 6.40. The number of para-hydroxylation sites is 1. The van der Waals surface area contributed by atoms with E-state index in [1.165, 1.54) is 0 Å². The van der Waals surface area contributed by atoms with Crippen LogP contribution in [0.1, 0.15) is 43.4 Å². The van der Waals surface area contributed by atoms with E-state index in [1.54, 1.807) is 0 Å². The smallest absolute Gasteiger partial charge is 0.213 e. The van der Waals surface area contributed by atoms with Crippen molar-refractivity contribution in [1.29, 1.82) is 0 Å². The maximum absolute atomic E-state index is 11.0. The lowest BCUT2D eigenvalue weighted by molar-refractivity contribution is -0.699. The van der Waals surface area contributed by atoms with Crippen LogP contribution in [0.2, 0.25) is 0 Å². The molecule has 0 aliphatic heterocycles. The van der Waals surface area contributed by atoms with Crippen LogP contribution in [0.25, 0.3) is 5.57 Å². The van der Waals surface area contributed by atoms with Gasteiger partial charge < -0.3 is 9.87 Å². The molecule has 1 N–H and O–H groups in total. The van der Waals surface area contributed by atoms with Crippen LogP contribution in [0.15, 0.2) is 114 Å². The van der Waals surface area contributed by atoms with Gasteiger partial charge in [0.2, 0.25) is 5.69 Å². The number of pyridine rings is 1. The number of rotatable bonds is 10. The van der Waals surface area contributed by atoms with E-state index in [0.717, 1.165) is 58.0 Å². The van der Waals surface area contributed by atoms with Gasteiger partial charge in [-0.3, -0.25) is 0 Å². The van der Waals surface area contributed by atoms with Gasteiger partial charge in [-0.25, -0.2) is 8.42 Å². The number of hydrogen-bond donors (Lipinski definition) is 1. The highest BCUT2D eigenvalue weighted by molar-refractivity contribution is 7.85. The standard InChI is InChI=1S/C30H31ClN2O3S/c31-30-25(14-11-15-26(30)23-32-27-16-5-2-6-17-27)22-28(24-12-3-1-4-13-24)29-18-7-8-19-33(29)20-9-10-21-37(34,35)36/h1-8,12-13,16-19,22-23H,9-11,14-15,20-21H2,(H,34,35,36). The summed E-state index contributed by atoms with van der Waals surface area (Å²) in [5.74, 6) is -0.342. The van der Waals surface area contributed by atoms with Crippen molar-refractivity contribution in [3.05, 3.63) is 125 Å². The van der Waals surface area contributed by atoms with E-state index in [4.69, 9.17) is 11.6 Å². The lowest BCUT2D eigenvalue weighted by atomic mass is 9.91. The number of anilines is 1. The van der Waals surface area contributed by atoms with Gasteiger partial charge in [-0.05, 0) is 66.7 Å². The van der Waals surface area contributed by atoms with Crippen LogP contribution in [0.3, 0.4) is 0 Å². The Balaban J connectivity index is 1.68. The van der Waals surface area contributed by atoms with Crippen LogP contribution in [-0.2, 0) is 16.7 Å². The molecule has 0 atom stereocenters. The van der Waals surface area contributed by atoms with Gasteiger partial charge in [-0.1, -0.05) is 60.1 Å². The molecule has 2 aromatic carbocycles. The molecule has 0 fully saturated rings. The molecule has 1 heterocycles. The average molecular weight is 535 g/mol. The Morgan fingerprint density at radius 1 is 0.946 bits per heavy atom. The minimum absolute atomic E-state index is 0.330. The summed E-state index contributed by atoms with van der Waals surface area (Å²) >= 11 is 6.95. The lowest BCUT2D eigenvalue weighted by Gasteiger charge is -2.19. The number of hydrogen-bond acceptors (Lipinski definition) is 4. The van der Waals surface area contributed by atoms with Gasteiger partial charge in [0.25, 0.3) is 0 Å². The van der Waals surface area contributed by atoms with Gasteiger partial charge >= 0.3 is 0 Å². The van der Waals surface area contributed by atoms with E-state index in [9.17, 15) is 13.0 Å². The Morgan fingerprint density at radius 2 is 1.65 bits per heavy atom. The molecule has 0 spiro atoms. The summed E-state index contributed by atoms with van der Waals surface area (Å²) in [6.45, 7) is 0.606. The van der Waals surface area contributed by atoms with Crippen LogP contribution in [0.4, 0.5) is 5.69 Å². The van der Waals surface area contributed by atoms with E-state index < -0.39 is 10.1 Å². The van der Waals surface area contributed by atoms with Crippen molar-refractivity contribution in [2.24, 2.45) is 0 Å². The number of nitrogens with one attached hydrogen (secondary N) is 1. The van der Waals surface area contributed by atoms with Crippen LogP contribution in [0, 0.1) is 0 Å². The molecule has 0 bridgehead atoms. The fraction of sp³-hybridized carbons (Fsp3) is 0.233. The van der Waals surface area contributed by atoms with E-state index in [-0.39, 0.29) is 5.75 Å². The first-order valence-corrected chi connectivity index (χ1v) is 14.5. The van der Waals surface area contributed by atoms with Crippen molar-refractivity contribution >= 4 is 33.0 Å². The largest absolute Gasteiger partial charge is 0.748 e. The molecule has 0 saturated heterocycles. The Bertz CT molecular complexity index is 1400. The van der Waals surface area contributed by atoms with Crippen molar-refractivity contribution in [3.8, 4) is 0 Å². The minimum Gasteiger partial charge on any atom is -0.748 e. The number of allylic oxidation sites excluding steroid dienone is 4. The number of halogens is 1. The molecular formula is C30H31ClN2O3S. The van der Waals surface area contributed by atoms with Crippen molar-refractivity contribution in [2.75, 3.05) is 11.1 Å². The van der Waals surface area contributed by atoms with Gasteiger partial charge in [0.05, 0.1) is 15.7 Å². The van der Waals surface area contributed by atoms with Gasteiger partial charge in [0.15, 0.2) is 6.20 Å². The van der Waals surface area contributed by atoms with E-state index in [2.05, 4.69) is 34.2 Å². The molecule has 1 aromatic heterocycles. The third-order valence-electron chi connectivity index (χ3n) is 6.31. The van der Waals surface area contributed by atoms with E-state index in [0.29, 0.717) is 19.4 Å². The monoisotopic (exact) mass is 534 g/mol. The SMILES string of the molecule is O=S(=O)([O-])CCCC[n+]1ccccc1/C(=C/C1=C(Cl)C(=C/Nc2ccccc2)/CCC1)c1ccccc1. The molecule has 4 rings (SSSR count). The summed E-state index contributed by atoms with van der Waals surface area (Å²) < 4.78 is 35.1. The summed E-state index contributed by atoms with van der Waals surface area (Å²) in [6.07, 6.45) is 9.88. The molecule has 0 radical (unpaired) electrons. The van der Waals surface area contributed by atoms with Crippen molar-refractivity contribution in [2.45, 2.75) is 38.6 Å². The maximum atomic E-state index is 11.0. The molecule has 1 aliphatic carbocycles. The van der Waals surface area contributed by atoms with Gasteiger partial charge in [-0.15, -0.1) is 0 Å². The molecular weight excluding hydrogens is 504 g/mol. The zero-order valence-corrected chi connectivity index (χ0v) is 22.2. The van der Waals surface area contributed by atoms with Gasteiger partial charge in [0.1, 0.15) is 6.54 Å². The Morgan fingerprint density at radius 3 is 2.38 bits per heavy atom. The summed E-state index contributed by atoms with van der Waals surface area (Å²) in [5.41, 5.74) is 6.30. The topological polar surface area (TPSA) is 73.1 Å². The molecule has 37 heavy (non-hydrogen) atoms. The first-order chi connectivity index (χ1) is 17.9. The number of nitrogens with zero attached hydrogens (tertiary/aromatic N) is 1. The fourth-order valence-corrected chi connectivity index (χ4v) is 5.30. The maximum Gasteiger partial charge on any atom is 0.213 e. The Kier molecular flexibility index (Phi) is 9.34. The fourth-order valence-electron chi connectivity index (χ4n) is 4.44.